The molecule has 6 heteroatoms. The maximum Gasteiger partial charge on any atom is 0.166 e. The van der Waals surface area contributed by atoms with E-state index in [1.165, 1.54) is 0 Å². The van der Waals surface area contributed by atoms with Crippen molar-refractivity contribution in [2.75, 3.05) is 27.2 Å². The maximum atomic E-state index is 5.18. The van der Waals surface area contributed by atoms with Gasteiger partial charge in [-0.3, -0.25) is 4.68 Å². The van der Waals surface area contributed by atoms with E-state index in [4.69, 9.17) is 12.2 Å². The molecule has 1 rings (SSSR count). The van der Waals surface area contributed by atoms with Gasteiger partial charge in [0.25, 0.3) is 0 Å². The number of thiocarbonyl (C=S) groups is 1. The molecule has 1 heterocycles. The van der Waals surface area contributed by atoms with Crippen LogP contribution in [0.25, 0.3) is 0 Å². The fourth-order valence-corrected chi connectivity index (χ4v) is 1.58. The van der Waals surface area contributed by atoms with Crippen LogP contribution < -0.4 is 10.6 Å². The summed E-state index contributed by atoms with van der Waals surface area (Å²) in [6, 6.07) is 1.97. The average molecular weight is 255 g/mol. The van der Waals surface area contributed by atoms with Crippen molar-refractivity contribution in [1.29, 1.82) is 0 Å². The topological polar surface area (TPSA) is 45.1 Å². The number of aromatic nitrogens is 2. The normalized spacial score (nSPS) is 10.6. The Morgan fingerprint density at radius 1 is 1.47 bits per heavy atom. The molecule has 96 valence electrons. The van der Waals surface area contributed by atoms with Gasteiger partial charge in [-0.2, -0.15) is 5.10 Å². The maximum absolute atomic E-state index is 5.18. The first kappa shape index (κ1) is 13.9. The summed E-state index contributed by atoms with van der Waals surface area (Å²) in [4.78, 5) is 2.16. The first-order chi connectivity index (χ1) is 8.09. The third kappa shape index (κ3) is 5.65. The van der Waals surface area contributed by atoms with Gasteiger partial charge in [0.2, 0.25) is 0 Å². The van der Waals surface area contributed by atoms with Crippen LogP contribution in [0.3, 0.4) is 0 Å². The Hall–Kier alpha value is -1.14. The van der Waals surface area contributed by atoms with E-state index in [1.54, 1.807) is 6.20 Å². The SMILES string of the molecule is CN(C)CCCNC(=S)NCc1ccnn1C. The van der Waals surface area contributed by atoms with Crippen LogP contribution in [0.2, 0.25) is 0 Å². The van der Waals surface area contributed by atoms with Crippen LogP contribution in [0.15, 0.2) is 12.3 Å². The number of nitrogens with one attached hydrogen (secondary N) is 2. The van der Waals surface area contributed by atoms with Gasteiger partial charge in [-0.15, -0.1) is 0 Å². The van der Waals surface area contributed by atoms with Crippen molar-refractivity contribution in [3.63, 3.8) is 0 Å². The van der Waals surface area contributed by atoms with Crippen molar-refractivity contribution in [3.8, 4) is 0 Å². The summed E-state index contributed by atoms with van der Waals surface area (Å²) in [6.45, 7) is 2.67. The molecule has 2 N–H and O–H groups in total. The monoisotopic (exact) mass is 255 g/mol. The van der Waals surface area contributed by atoms with Crippen molar-refractivity contribution in [3.05, 3.63) is 18.0 Å². The predicted molar refractivity (Wildman–Crippen MR) is 73.8 cm³/mol. The lowest BCUT2D eigenvalue weighted by atomic mass is 10.4. The molecule has 0 aliphatic rings. The molecule has 1 aromatic heterocycles. The summed E-state index contributed by atoms with van der Waals surface area (Å²) < 4.78 is 1.83. The number of rotatable bonds is 6. The van der Waals surface area contributed by atoms with Gasteiger partial charge >= 0.3 is 0 Å². The van der Waals surface area contributed by atoms with Gasteiger partial charge in [0.1, 0.15) is 0 Å². The van der Waals surface area contributed by atoms with E-state index in [2.05, 4.69) is 34.7 Å². The minimum atomic E-state index is 0.699. The van der Waals surface area contributed by atoms with Gasteiger partial charge in [0, 0.05) is 19.8 Å². The molecule has 0 fully saturated rings. The zero-order valence-corrected chi connectivity index (χ0v) is 11.5. The fourth-order valence-electron chi connectivity index (χ4n) is 1.41. The van der Waals surface area contributed by atoms with Gasteiger partial charge in [-0.05, 0) is 45.3 Å². The molecule has 0 spiro atoms. The van der Waals surface area contributed by atoms with Crippen molar-refractivity contribution >= 4 is 17.3 Å². The van der Waals surface area contributed by atoms with Crippen molar-refractivity contribution in [1.82, 2.24) is 25.3 Å². The zero-order chi connectivity index (χ0) is 12.7. The van der Waals surface area contributed by atoms with Gasteiger partial charge in [-0.25, -0.2) is 0 Å². The molecular weight excluding hydrogens is 234 g/mol. The Balaban J connectivity index is 2.11. The highest BCUT2D eigenvalue weighted by Gasteiger charge is 1.99. The third-order valence-corrected chi connectivity index (χ3v) is 2.71. The lowest BCUT2D eigenvalue weighted by molar-refractivity contribution is 0.400. The van der Waals surface area contributed by atoms with Gasteiger partial charge in [0.05, 0.1) is 12.2 Å². The molecule has 0 aliphatic heterocycles. The Kier molecular flexibility index (Phi) is 5.93. The summed E-state index contributed by atoms with van der Waals surface area (Å²) >= 11 is 5.18. The second-order valence-corrected chi connectivity index (χ2v) is 4.62. The molecule has 0 radical (unpaired) electrons. The standard InChI is InChI=1S/C11H21N5S/c1-15(2)8-4-6-12-11(17)13-9-10-5-7-14-16(10)3/h5,7H,4,6,8-9H2,1-3H3,(H2,12,13,17). The van der Waals surface area contributed by atoms with Crippen LogP contribution in [0.1, 0.15) is 12.1 Å². The molecule has 0 bridgehead atoms. The van der Waals surface area contributed by atoms with E-state index in [1.807, 2.05) is 17.8 Å². The Labute approximate surface area is 108 Å². The summed E-state index contributed by atoms with van der Waals surface area (Å²) in [6.07, 6.45) is 2.87. The molecule has 0 atom stereocenters. The Morgan fingerprint density at radius 3 is 2.82 bits per heavy atom. The van der Waals surface area contributed by atoms with Gasteiger partial charge in [-0.1, -0.05) is 0 Å². The summed E-state index contributed by atoms with van der Waals surface area (Å²) in [7, 11) is 6.06. The third-order valence-electron chi connectivity index (χ3n) is 2.42. The largest absolute Gasteiger partial charge is 0.363 e. The first-order valence-corrected chi connectivity index (χ1v) is 6.13. The van der Waals surface area contributed by atoms with Crippen LogP contribution >= 0.6 is 12.2 Å². The average Bonchev–Trinajstić information content (AvgIpc) is 2.67. The van der Waals surface area contributed by atoms with E-state index >= 15 is 0 Å². The van der Waals surface area contributed by atoms with E-state index in [0.717, 1.165) is 25.2 Å². The molecule has 17 heavy (non-hydrogen) atoms. The molecule has 0 unspecified atom stereocenters. The van der Waals surface area contributed by atoms with Crippen molar-refractivity contribution < 1.29 is 0 Å². The van der Waals surface area contributed by atoms with E-state index in [-0.39, 0.29) is 0 Å². The van der Waals surface area contributed by atoms with Crippen LogP contribution in [0, 0.1) is 0 Å². The highest BCUT2D eigenvalue weighted by molar-refractivity contribution is 7.80. The number of hydrogen-bond acceptors (Lipinski definition) is 3. The fraction of sp³-hybridized carbons (Fsp3) is 0.636. The first-order valence-electron chi connectivity index (χ1n) is 5.73. The quantitative estimate of drug-likeness (QED) is 0.567. The van der Waals surface area contributed by atoms with E-state index < -0.39 is 0 Å². The minimum Gasteiger partial charge on any atom is -0.363 e. The Morgan fingerprint density at radius 2 is 2.24 bits per heavy atom. The molecule has 0 saturated heterocycles. The van der Waals surface area contributed by atoms with Crippen LogP contribution in [-0.4, -0.2) is 47.0 Å². The second-order valence-electron chi connectivity index (χ2n) is 4.21. The summed E-state index contributed by atoms with van der Waals surface area (Å²) in [5, 5.41) is 11.1. The minimum absolute atomic E-state index is 0.699. The lowest BCUT2D eigenvalue weighted by Gasteiger charge is -2.12. The molecule has 1 aromatic rings. The highest BCUT2D eigenvalue weighted by Crippen LogP contribution is 1.94. The predicted octanol–water partition coefficient (Wildman–Crippen LogP) is 0.336. The van der Waals surface area contributed by atoms with Crippen molar-refractivity contribution in [2.45, 2.75) is 13.0 Å². The smallest absolute Gasteiger partial charge is 0.166 e. The number of nitrogens with zero attached hydrogens (tertiary/aromatic N) is 3. The highest BCUT2D eigenvalue weighted by atomic mass is 32.1. The number of hydrogen-bond donors (Lipinski definition) is 2. The van der Waals surface area contributed by atoms with Crippen molar-refractivity contribution in [2.24, 2.45) is 7.05 Å². The van der Waals surface area contributed by atoms with E-state index in [9.17, 15) is 0 Å². The second kappa shape index (κ2) is 7.24. The van der Waals surface area contributed by atoms with Crippen LogP contribution in [0.4, 0.5) is 0 Å². The van der Waals surface area contributed by atoms with E-state index in [0.29, 0.717) is 11.7 Å². The zero-order valence-electron chi connectivity index (χ0n) is 10.7. The summed E-state index contributed by atoms with van der Waals surface area (Å²) in [5.41, 5.74) is 1.11. The molecule has 0 amide bonds. The number of aryl methyl sites for hydroxylation is 1. The molecule has 0 aromatic carbocycles. The lowest BCUT2D eigenvalue weighted by Crippen LogP contribution is -2.36. The van der Waals surface area contributed by atoms with Gasteiger partial charge in [0.15, 0.2) is 5.11 Å². The van der Waals surface area contributed by atoms with Crippen LogP contribution in [-0.2, 0) is 13.6 Å². The molecular formula is C11H21N5S. The Bertz CT molecular complexity index is 347. The molecule has 5 nitrogen and oxygen atoms in total. The molecule has 0 saturated carbocycles. The van der Waals surface area contributed by atoms with Crippen LogP contribution in [0.5, 0.6) is 0 Å². The molecule has 0 aliphatic carbocycles. The summed E-state index contributed by atoms with van der Waals surface area (Å²) in [5.74, 6) is 0. The van der Waals surface area contributed by atoms with Gasteiger partial charge < -0.3 is 15.5 Å².